The number of hydrogen-bond donors (Lipinski definition) is 0. The molecule has 1 rings (SSSR count). The molecule has 0 aliphatic heterocycles. The summed E-state index contributed by atoms with van der Waals surface area (Å²) in [7, 11) is 0. The van der Waals surface area contributed by atoms with Crippen molar-refractivity contribution >= 4 is 18.2 Å². The fraction of sp³-hybridized carbons (Fsp3) is 0.786. The largest absolute Gasteiger partial charge is 0.465 e. The number of hydrogen-bond acceptors (Lipinski definition) is 5. The molecule has 0 aromatic heterocycles. The molecule has 19 heavy (non-hydrogen) atoms. The fourth-order valence-corrected chi connectivity index (χ4v) is 2.56. The van der Waals surface area contributed by atoms with Gasteiger partial charge in [0.1, 0.15) is 6.29 Å². The standard InChI is InChI=1S/C14H22O5/c1-3-18-13(16)12(14(17)19-4-2)11-7-5-10(9-15)6-8-11/h9-12H,3-8H2,1-2H3. The topological polar surface area (TPSA) is 69.7 Å². The third-order valence-corrected chi connectivity index (χ3v) is 3.56. The van der Waals surface area contributed by atoms with E-state index in [4.69, 9.17) is 9.47 Å². The van der Waals surface area contributed by atoms with Crippen LogP contribution in [0.4, 0.5) is 0 Å². The Hall–Kier alpha value is -1.39. The maximum atomic E-state index is 11.9. The summed E-state index contributed by atoms with van der Waals surface area (Å²) in [6.07, 6.45) is 3.78. The summed E-state index contributed by atoms with van der Waals surface area (Å²) in [6.45, 7) is 3.92. The minimum absolute atomic E-state index is 0.0568. The predicted molar refractivity (Wildman–Crippen MR) is 68.3 cm³/mol. The number of carbonyl (C=O) groups excluding carboxylic acids is 3. The number of aldehydes is 1. The lowest BCUT2D eigenvalue weighted by molar-refractivity contribution is -0.165. The molecular formula is C14H22O5. The first-order chi connectivity index (χ1) is 9.13. The highest BCUT2D eigenvalue weighted by Crippen LogP contribution is 2.34. The number of esters is 2. The van der Waals surface area contributed by atoms with Crippen LogP contribution in [0, 0.1) is 17.8 Å². The number of rotatable bonds is 6. The van der Waals surface area contributed by atoms with Gasteiger partial charge in [-0.1, -0.05) is 0 Å². The maximum Gasteiger partial charge on any atom is 0.320 e. The van der Waals surface area contributed by atoms with E-state index in [1.54, 1.807) is 13.8 Å². The molecule has 0 aromatic rings. The summed E-state index contributed by atoms with van der Waals surface area (Å²) < 4.78 is 9.94. The zero-order chi connectivity index (χ0) is 14.3. The molecule has 0 N–H and O–H groups in total. The summed E-state index contributed by atoms with van der Waals surface area (Å²) in [5, 5.41) is 0. The molecule has 5 heteroatoms. The second kappa shape index (κ2) is 7.92. The van der Waals surface area contributed by atoms with Crippen molar-refractivity contribution in [3.05, 3.63) is 0 Å². The smallest absolute Gasteiger partial charge is 0.320 e. The van der Waals surface area contributed by atoms with Crippen LogP contribution in [-0.2, 0) is 23.9 Å². The van der Waals surface area contributed by atoms with Crippen LogP contribution in [0.2, 0.25) is 0 Å². The van der Waals surface area contributed by atoms with E-state index in [-0.39, 0.29) is 25.0 Å². The van der Waals surface area contributed by atoms with Crippen LogP contribution in [0.25, 0.3) is 0 Å². The summed E-state index contributed by atoms with van der Waals surface area (Å²) in [5.41, 5.74) is 0. The van der Waals surface area contributed by atoms with Crippen molar-refractivity contribution < 1.29 is 23.9 Å². The van der Waals surface area contributed by atoms with Crippen LogP contribution in [0.5, 0.6) is 0 Å². The third kappa shape index (κ3) is 4.33. The normalized spacial score (nSPS) is 22.9. The summed E-state index contributed by atoms with van der Waals surface area (Å²) in [4.78, 5) is 34.6. The first kappa shape index (κ1) is 15.7. The van der Waals surface area contributed by atoms with Gasteiger partial charge in [0.2, 0.25) is 0 Å². The van der Waals surface area contributed by atoms with E-state index in [2.05, 4.69) is 0 Å². The minimum Gasteiger partial charge on any atom is -0.465 e. The van der Waals surface area contributed by atoms with Crippen LogP contribution in [-0.4, -0.2) is 31.4 Å². The van der Waals surface area contributed by atoms with Gasteiger partial charge in [-0.2, -0.15) is 0 Å². The van der Waals surface area contributed by atoms with Gasteiger partial charge in [-0.3, -0.25) is 9.59 Å². The Balaban J connectivity index is 2.70. The predicted octanol–water partition coefficient (Wildman–Crippen LogP) is 1.73. The van der Waals surface area contributed by atoms with Crippen molar-refractivity contribution in [2.75, 3.05) is 13.2 Å². The quantitative estimate of drug-likeness (QED) is 0.417. The van der Waals surface area contributed by atoms with Crippen LogP contribution >= 0.6 is 0 Å². The lowest BCUT2D eigenvalue weighted by Gasteiger charge is -2.29. The first-order valence-corrected chi connectivity index (χ1v) is 6.92. The Kier molecular flexibility index (Phi) is 6.53. The Morgan fingerprint density at radius 2 is 1.53 bits per heavy atom. The lowest BCUT2D eigenvalue weighted by Crippen LogP contribution is -2.36. The molecule has 0 bridgehead atoms. The number of ether oxygens (including phenoxy) is 2. The molecule has 1 fully saturated rings. The highest BCUT2D eigenvalue weighted by Gasteiger charge is 2.39. The molecule has 0 amide bonds. The average molecular weight is 270 g/mol. The van der Waals surface area contributed by atoms with Gasteiger partial charge in [-0.15, -0.1) is 0 Å². The van der Waals surface area contributed by atoms with Crippen LogP contribution < -0.4 is 0 Å². The van der Waals surface area contributed by atoms with E-state index in [0.29, 0.717) is 12.8 Å². The molecule has 1 aliphatic rings. The highest BCUT2D eigenvalue weighted by molar-refractivity contribution is 5.95. The molecule has 1 aliphatic carbocycles. The number of carbonyl (C=O) groups is 3. The first-order valence-electron chi connectivity index (χ1n) is 6.92. The van der Waals surface area contributed by atoms with Gasteiger partial charge in [-0.05, 0) is 45.4 Å². The van der Waals surface area contributed by atoms with Crippen LogP contribution in [0.1, 0.15) is 39.5 Å². The molecule has 0 heterocycles. The zero-order valence-corrected chi connectivity index (χ0v) is 11.6. The Labute approximate surface area is 113 Å². The molecule has 0 radical (unpaired) electrons. The molecule has 0 saturated heterocycles. The second-order valence-corrected chi connectivity index (χ2v) is 4.79. The average Bonchev–Trinajstić information content (AvgIpc) is 2.40. The minimum atomic E-state index is -0.840. The Bertz CT molecular complexity index is 300. The van der Waals surface area contributed by atoms with Crippen molar-refractivity contribution in [2.45, 2.75) is 39.5 Å². The van der Waals surface area contributed by atoms with E-state index >= 15 is 0 Å². The molecule has 0 aromatic carbocycles. The van der Waals surface area contributed by atoms with Crippen LogP contribution in [0.3, 0.4) is 0 Å². The van der Waals surface area contributed by atoms with E-state index in [0.717, 1.165) is 19.1 Å². The zero-order valence-electron chi connectivity index (χ0n) is 11.6. The Morgan fingerprint density at radius 1 is 1.05 bits per heavy atom. The molecule has 5 nitrogen and oxygen atoms in total. The molecule has 0 unspecified atom stereocenters. The van der Waals surface area contributed by atoms with Gasteiger partial charge in [0, 0.05) is 5.92 Å². The van der Waals surface area contributed by atoms with Gasteiger partial charge in [0.25, 0.3) is 0 Å². The third-order valence-electron chi connectivity index (χ3n) is 3.56. The molecule has 1 saturated carbocycles. The van der Waals surface area contributed by atoms with E-state index in [9.17, 15) is 14.4 Å². The Morgan fingerprint density at radius 3 is 1.89 bits per heavy atom. The van der Waals surface area contributed by atoms with E-state index in [1.165, 1.54) is 0 Å². The van der Waals surface area contributed by atoms with Crippen molar-refractivity contribution in [1.29, 1.82) is 0 Å². The van der Waals surface area contributed by atoms with Gasteiger partial charge < -0.3 is 14.3 Å². The van der Waals surface area contributed by atoms with Crippen LogP contribution in [0.15, 0.2) is 0 Å². The van der Waals surface area contributed by atoms with E-state index < -0.39 is 17.9 Å². The molecular weight excluding hydrogens is 248 g/mol. The van der Waals surface area contributed by atoms with Crippen molar-refractivity contribution in [3.63, 3.8) is 0 Å². The summed E-state index contributed by atoms with van der Waals surface area (Å²) in [6, 6.07) is 0. The molecule has 108 valence electrons. The van der Waals surface area contributed by atoms with Gasteiger partial charge >= 0.3 is 11.9 Å². The summed E-state index contributed by atoms with van der Waals surface area (Å²) in [5.74, 6) is -1.87. The fourth-order valence-electron chi connectivity index (χ4n) is 2.56. The van der Waals surface area contributed by atoms with Crippen molar-refractivity contribution in [3.8, 4) is 0 Å². The SMILES string of the molecule is CCOC(=O)C(C(=O)OCC)C1CCC(C=O)CC1. The molecule has 0 spiro atoms. The van der Waals surface area contributed by atoms with Gasteiger partial charge in [0.05, 0.1) is 13.2 Å². The van der Waals surface area contributed by atoms with Gasteiger partial charge in [0.15, 0.2) is 5.92 Å². The van der Waals surface area contributed by atoms with Gasteiger partial charge in [-0.25, -0.2) is 0 Å². The highest BCUT2D eigenvalue weighted by atomic mass is 16.6. The molecule has 0 atom stereocenters. The van der Waals surface area contributed by atoms with Crippen molar-refractivity contribution in [2.24, 2.45) is 17.8 Å². The summed E-state index contributed by atoms with van der Waals surface area (Å²) >= 11 is 0. The van der Waals surface area contributed by atoms with E-state index in [1.807, 2.05) is 0 Å². The lowest BCUT2D eigenvalue weighted by atomic mass is 9.76. The van der Waals surface area contributed by atoms with Crippen molar-refractivity contribution in [1.82, 2.24) is 0 Å². The monoisotopic (exact) mass is 270 g/mol. The second-order valence-electron chi connectivity index (χ2n) is 4.79. The maximum absolute atomic E-state index is 11.9.